The molecule has 0 unspecified atom stereocenters. The fourth-order valence-electron chi connectivity index (χ4n) is 0.347. The maximum absolute atomic E-state index is 10.3. The third kappa shape index (κ3) is 5.52. The lowest BCUT2D eigenvalue weighted by molar-refractivity contribution is -0.140. The molecule has 0 aliphatic carbocycles. The predicted octanol–water partition coefficient (Wildman–Crippen LogP) is -0.905. The number of carbonyl (C=O) groups is 1. The number of ether oxygens (including phenoxy) is 1. The normalized spacial score (nSPS) is 11.0. The Hall–Kier alpha value is -0.620. The highest BCUT2D eigenvalue weighted by atomic mass is 32.2. The van der Waals surface area contributed by atoms with Crippen molar-refractivity contribution in [2.75, 3.05) is 12.4 Å². The molecule has 0 saturated heterocycles. The molecule has 0 aromatic rings. The Labute approximate surface area is 58.7 Å². The van der Waals surface area contributed by atoms with Crippen LogP contribution in [0, 0.1) is 0 Å². The maximum atomic E-state index is 10.3. The highest BCUT2D eigenvalue weighted by Gasteiger charge is 2.05. The van der Waals surface area contributed by atoms with Crippen LogP contribution in [-0.2, 0) is 19.6 Å². The molecule has 0 aromatic carbocycles. The summed E-state index contributed by atoms with van der Waals surface area (Å²) in [4.78, 5) is 10.3. The second-order valence-corrected chi connectivity index (χ2v) is 2.91. The molecule has 0 aliphatic heterocycles. The monoisotopic (exact) mass is 167 g/mol. The first-order chi connectivity index (χ1) is 4.45. The molecule has 10 heavy (non-hydrogen) atoms. The van der Waals surface area contributed by atoms with Gasteiger partial charge >= 0.3 is 5.97 Å². The number of esters is 1. The summed E-state index contributed by atoms with van der Waals surface area (Å²) in [5, 5.41) is 0. The van der Waals surface area contributed by atoms with Gasteiger partial charge in [-0.2, -0.15) is 0 Å². The molecule has 0 amide bonds. The molecule has 0 N–H and O–H groups in total. The van der Waals surface area contributed by atoms with Crippen LogP contribution >= 0.6 is 0 Å². The molecule has 6 heteroatoms. The lowest BCUT2D eigenvalue weighted by Crippen LogP contribution is -2.17. The van der Waals surface area contributed by atoms with Crippen LogP contribution in [0.4, 0.5) is 0 Å². The third-order valence-electron chi connectivity index (χ3n) is 0.600. The van der Waals surface area contributed by atoms with Crippen LogP contribution in [0.2, 0.25) is 0 Å². The summed E-state index contributed by atoms with van der Waals surface area (Å²) in [5.41, 5.74) is 0. The minimum atomic E-state index is -4.47. The Morgan fingerprint density at radius 2 is 2.10 bits per heavy atom. The third-order valence-corrected chi connectivity index (χ3v) is 1.19. The molecule has 60 valence electrons. The largest absolute Gasteiger partial charge is 0.748 e. The van der Waals surface area contributed by atoms with Gasteiger partial charge in [0, 0.05) is 0 Å². The van der Waals surface area contributed by atoms with Crippen molar-refractivity contribution in [3.8, 4) is 0 Å². The van der Waals surface area contributed by atoms with E-state index in [0.717, 1.165) is 0 Å². The summed E-state index contributed by atoms with van der Waals surface area (Å²) in [6.07, 6.45) is 0. The zero-order valence-electron chi connectivity index (χ0n) is 5.36. The van der Waals surface area contributed by atoms with Crippen LogP contribution in [0.3, 0.4) is 0 Å². The molecule has 0 radical (unpaired) electrons. The number of hydrogen-bond donors (Lipinski definition) is 0. The first kappa shape index (κ1) is 9.38. The Morgan fingerprint density at radius 1 is 1.60 bits per heavy atom. The number of rotatable bonds is 3. The molecule has 0 bridgehead atoms. The van der Waals surface area contributed by atoms with Crippen molar-refractivity contribution in [1.29, 1.82) is 0 Å². The van der Waals surface area contributed by atoms with Gasteiger partial charge in [-0.15, -0.1) is 0 Å². The van der Waals surface area contributed by atoms with E-state index in [9.17, 15) is 17.8 Å². The van der Waals surface area contributed by atoms with E-state index in [-0.39, 0.29) is 6.61 Å². The molecule has 0 fully saturated rings. The second kappa shape index (κ2) is 3.52. The van der Waals surface area contributed by atoms with Gasteiger partial charge < -0.3 is 9.29 Å². The van der Waals surface area contributed by atoms with E-state index in [1.165, 1.54) is 6.92 Å². The minimum Gasteiger partial charge on any atom is -0.748 e. The lowest BCUT2D eigenvalue weighted by Gasteiger charge is -2.04. The van der Waals surface area contributed by atoms with E-state index in [0.29, 0.717) is 0 Å². The number of carbonyl (C=O) groups excluding carboxylic acids is 1. The molecular weight excluding hydrogens is 160 g/mol. The van der Waals surface area contributed by atoms with Crippen molar-refractivity contribution in [2.24, 2.45) is 0 Å². The van der Waals surface area contributed by atoms with E-state index in [2.05, 4.69) is 4.74 Å². The first-order valence-electron chi connectivity index (χ1n) is 2.55. The molecule has 0 rings (SSSR count). The summed E-state index contributed by atoms with van der Waals surface area (Å²) in [7, 11) is -4.47. The van der Waals surface area contributed by atoms with Crippen molar-refractivity contribution in [3.05, 3.63) is 0 Å². The minimum absolute atomic E-state index is 0.0777. The van der Waals surface area contributed by atoms with Gasteiger partial charge in [0.1, 0.15) is 15.9 Å². The average molecular weight is 167 g/mol. The van der Waals surface area contributed by atoms with E-state index in [1.807, 2.05) is 0 Å². The Balaban J connectivity index is 3.82. The van der Waals surface area contributed by atoms with E-state index in [4.69, 9.17) is 0 Å². The standard InChI is InChI=1S/C4H8O5S/c1-2-9-4(5)3-10(6,7)8/h2-3H2,1H3,(H,6,7,8)/p-1. The molecule has 5 nitrogen and oxygen atoms in total. The van der Waals surface area contributed by atoms with Gasteiger partial charge in [-0.1, -0.05) is 0 Å². The van der Waals surface area contributed by atoms with Crippen molar-refractivity contribution < 1.29 is 22.5 Å². The van der Waals surface area contributed by atoms with Gasteiger partial charge in [-0.3, -0.25) is 4.79 Å². The quantitative estimate of drug-likeness (QED) is 0.401. The summed E-state index contributed by atoms with van der Waals surface area (Å²) in [6.45, 7) is 1.60. The summed E-state index contributed by atoms with van der Waals surface area (Å²) < 4.78 is 33.8. The van der Waals surface area contributed by atoms with Crippen LogP contribution in [-0.4, -0.2) is 31.3 Å². The topological polar surface area (TPSA) is 83.5 Å². The number of hydrogen-bond acceptors (Lipinski definition) is 5. The molecule has 0 aromatic heterocycles. The summed E-state index contributed by atoms with van der Waals surface area (Å²) in [6, 6.07) is 0. The van der Waals surface area contributed by atoms with Gasteiger partial charge in [0.05, 0.1) is 6.61 Å². The van der Waals surface area contributed by atoms with E-state index >= 15 is 0 Å². The molecule has 0 atom stereocenters. The predicted molar refractivity (Wildman–Crippen MR) is 31.2 cm³/mol. The molecule has 0 spiro atoms. The summed E-state index contributed by atoms with van der Waals surface area (Å²) in [5.74, 6) is -2.08. The van der Waals surface area contributed by atoms with Crippen LogP contribution in [0.25, 0.3) is 0 Å². The van der Waals surface area contributed by atoms with Crippen molar-refractivity contribution in [2.45, 2.75) is 6.92 Å². The maximum Gasteiger partial charge on any atom is 0.319 e. The highest BCUT2D eigenvalue weighted by molar-refractivity contribution is 7.86. The summed E-state index contributed by atoms with van der Waals surface area (Å²) >= 11 is 0. The Morgan fingerprint density at radius 3 is 2.40 bits per heavy atom. The molecule has 0 heterocycles. The van der Waals surface area contributed by atoms with Crippen LogP contribution in [0.1, 0.15) is 6.92 Å². The Kier molecular flexibility index (Phi) is 3.31. The van der Waals surface area contributed by atoms with Gasteiger partial charge in [-0.05, 0) is 6.92 Å². The van der Waals surface area contributed by atoms with Crippen molar-refractivity contribution in [1.82, 2.24) is 0 Å². The van der Waals surface area contributed by atoms with Gasteiger partial charge in [0.15, 0.2) is 0 Å². The van der Waals surface area contributed by atoms with Gasteiger partial charge in [0.25, 0.3) is 0 Å². The molecule has 0 aliphatic rings. The average Bonchev–Trinajstić information content (AvgIpc) is 1.59. The SMILES string of the molecule is CCOC(=O)CS(=O)(=O)[O-]. The smallest absolute Gasteiger partial charge is 0.319 e. The van der Waals surface area contributed by atoms with Gasteiger partial charge in [0.2, 0.25) is 0 Å². The first-order valence-corrected chi connectivity index (χ1v) is 4.12. The fourth-order valence-corrected chi connectivity index (χ4v) is 0.719. The van der Waals surface area contributed by atoms with Crippen LogP contribution in [0.15, 0.2) is 0 Å². The fraction of sp³-hybridized carbons (Fsp3) is 0.750. The second-order valence-electron chi connectivity index (χ2n) is 1.51. The van der Waals surface area contributed by atoms with Crippen molar-refractivity contribution >= 4 is 16.1 Å². The molecule has 0 saturated carbocycles. The lowest BCUT2D eigenvalue weighted by atomic mass is 10.8. The van der Waals surface area contributed by atoms with Crippen molar-refractivity contribution in [3.63, 3.8) is 0 Å². The van der Waals surface area contributed by atoms with Crippen LogP contribution in [0.5, 0.6) is 0 Å². The Bertz CT molecular complexity index is 204. The van der Waals surface area contributed by atoms with Gasteiger partial charge in [-0.25, -0.2) is 8.42 Å². The zero-order chi connectivity index (χ0) is 8.20. The van der Waals surface area contributed by atoms with E-state index < -0.39 is 21.8 Å². The van der Waals surface area contributed by atoms with E-state index in [1.54, 1.807) is 0 Å². The highest BCUT2D eigenvalue weighted by Crippen LogP contribution is 1.84. The molecular formula is C4H7O5S-. The van der Waals surface area contributed by atoms with Crippen LogP contribution < -0.4 is 0 Å². The zero-order valence-corrected chi connectivity index (χ0v) is 6.18.